The van der Waals surface area contributed by atoms with Gasteiger partial charge in [-0.25, -0.2) is 9.37 Å². The molecule has 2 rings (SSSR count). The number of halogens is 1. The van der Waals surface area contributed by atoms with Crippen molar-refractivity contribution < 1.29 is 9.18 Å². The third-order valence-corrected chi connectivity index (χ3v) is 2.86. The van der Waals surface area contributed by atoms with Crippen molar-refractivity contribution in [3.63, 3.8) is 0 Å². The highest BCUT2D eigenvalue weighted by Crippen LogP contribution is 2.12. The van der Waals surface area contributed by atoms with E-state index in [9.17, 15) is 9.18 Å². The van der Waals surface area contributed by atoms with Gasteiger partial charge in [0.15, 0.2) is 0 Å². The number of rotatable bonds is 6. The van der Waals surface area contributed by atoms with E-state index in [-0.39, 0.29) is 5.91 Å². The van der Waals surface area contributed by atoms with Crippen LogP contribution in [0, 0.1) is 5.82 Å². The van der Waals surface area contributed by atoms with Crippen LogP contribution in [0.25, 0.3) is 0 Å². The maximum absolute atomic E-state index is 13.0. The molecular weight excluding hydrogens is 271 g/mol. The maximum atomic E-state index is 13.0. The number of hydrogen-bond donors (Lipinski definition) is 3. The summed E-state index contributed by atoms with van der Waals surface area (Å²) >= 11 is 0. The van der Waals surface area contributed by atoms with Crippen molar-refractivity contribution in [3.05, 3.63) is 54.0 Å². The number of benzene rings is 1. The smallest absolute Gasteiger partial charge is 0.251 e. The number of nitrogen functional groups attached to an aromatic ring is 1. The highest BCUT2D eigenvalue weighted by molar-refractivity contribution is 5.94. The zero-order valence-electron chi connectivity index (χ0n) is 11.5. The average Bonchev–Trinajstić information content (AvgIpc) is 2.48. The Kier molecular flexibility index (Phi) is 5.09. The summed E-state index contributed by atoms with van der Waals surface area (Å²) in [5.41, 5.74) is 6.64. The van der Waals surface area contributed by atoms with Crippen LogP contribution in [0.4, 0.5) is 15.9 Å². The fourth-order valence-corrected chi connectivity index (χ4v) is 1.79. The first kappa shape index (κ1) is 14.8. The van der Waals surface area contributed by atoms with Crippen LogP contribution in [0.2, 0.25) is 0 Å². The predicted molar refractivity (Wildman–Crippen MR) is 80.5 cm³/mol. The van der Waals surface area contributed by atoms with E-state index >= 15 is 0 Å². The van der Waals surface area contributed by atoms with Crippen molar-refractivity contribution in [2.45, 2.75) is 6.42 Å². The molecule has 0 aliphatic heterocycles. The van der Waals surface area contributed by atoms with Gasteiger partial charge in [-0.1, -0.05) is 6.07 Å². The Morgan fingerprint density at radius 3 is 2.86 bits per heavy atom. The molecule has 5 nitrogen and oxygen atoms in total. The summed E-state index contributed by atoms with van der Waals surface area (Å²) in [5, 5.41) is 5.82. The first-order chi connectivity index (χ1) is 10.2. The van der Waals surface area contributed by atoms with Gasteiger partial charge in [-0.2, -0.15) is 0 Å². The second-order valence-electron chi connectivity index (χ2n) is 4.49. The zero-order valence-corrected chi connectivity index (χ0v) is 11.5. The highest BCUT2D eigenvalue weighted by atomic mass is 19.1. The van der Waals surface area contributed by atoms with Gasteiger partial charge >= 0.3 is 0 Å². The van der Waals surface area contributed by atoms with Crippen molar-refractivity contribution in [3.8, 4) is 0 Å². The molecule has 1 heterocycles. The molecular formula is C15H17FN4O. The molecule has 110 valence electrons. The quantitative estimate of drug-likeness (QED) is 0.711. The van der Waals surface area contributed by atoms with Crippen LogP contribution in [-0.2, 0) is 0 Å². The maximum Gasteiger partial charge on any atom is 0.251 e. The molecule has 6 heteroatoms. The van der Waals surface area contributed by atoms with Gasteiger partial charge in [-0.15, -0.1) is 0 Å². The highest BCUT2D eigenvalue weighted by Gasteiger charge is 2.05. The third kappa shape index (κ3) is 4.45. The largest absolute Gasteiger partial charge is 0.396 e. The van der Waals surface area contributed by atoms with E-state index in [1.165, 1.54) is 18.2 Å². The minimum atomic E-state index is -0.421. The minimum absolute atomic E-state index is 0.285. The Labute approximate surface area is 122 Å². The van der Waals surface area contributed by atoms with Crippen molar-refractivity contribution in [2.24, 2.45) is 0 Å². The first-order valence-electron chi connectivity index (χ1n) is 6.65. The van der Waals surface area contributed by atoms with Crippen LogP contribution in [0.15, 0.2) is 42.6 Å². The topological polar surface area (TPSA) is 80.0 Å². The van der Waals surface area contributed by atoms with Gasteiger partial charge in [-0.05, 0) is 36.8 Å². The number of pyridine rings is 1. The molecule has 21 heavy (non-hydrogen) atoms. The van der Waals surface area contributed by atoms with E-state index in [2.05, 4.69) is 15.6 Å². The van der Waals surface area contributed by atoms with Crippen LogP contribution >= 0.6 is 0 Å². The summed E-state index contributed by atoms with van der Waals surface area (Å²) < 4.78 is 13.0. The molecule has 1 amide bonds. The summed E-state index contributed by atoms with van der Waals surface area (Å²) in [5.74, 6) is -0.0734. The van der Waals surface area contributed by atoms with Gasteiger partial charge in [0.2, 0.25) is 0 Å². The molecule has 0 spiro atoms. The fraction of sp³-hybridized carbons (Fsp3) is 0.200. The molecule has 4 N–H and O–H groups in total. The average molecular weight is 288 g/mol. The number of nitrogens with one attached hydrogen (secondary N) is 2. The summed E-state index contributed by atoms with van der Waals surface area (Å²) in [6.07, 6.45) is 2.36. The predicted octanol–water partition coefficient (Wildman–Crippen LogP) is 2.03. The number of nitrogens with two attached hydrogens (primary N) is 1. The van der Waals surface area contributed by atoms with Gasteiger partial charge in [0.25, 0.3) is 5.91 Å². The lowest BCUT2D eigenvalue weighted by atomic mass is 10.2. The SMILES string of the molecule is Nc1cccnc1NCCCNC(=O)c1cccc(F)c1. The lowest BCUT2D eigenvalue weighted by molar-refractivity contribution is 0.0953. The van der Waals surface area contributed by atoms with E-state index in [4.69, 9.17) is 5.73 Å². The van der Waals surface area contributed by atoms with Crippen molar-refractivity contribution in [1.29, 1.82) is 0 Å². The van der Waals surface area contributed by atoms with E-state index in [1.54, 1.807) is 24.4 Å². The molecule has 0 radical (unpaired) electrons. The van der Waals surface area contributed by atoms with Gasteiger partial charge in [0.1, 0.15) is 11.6 Å². The lowest BCUT2D eigenvalue weighted by Gasteiger charge is -2.08. The summed E-state index contributed by atoms with van der Waals surface area (Å²) in [6, 6.07) is 9.13. The molecule has 0 unspecified atom stereocenters. The number of carbonyl (C=O) groups is 1. The van der Waals surface area contributed by atoms with E-state index in [0.29, 0.717) is 36.6 Å². The van der Waals surface area contributed by atoms with Crippen LogP contribution in [0.3, 0.4) is 0 Å². The Morgan fingerprint density at radius 1 is 1.24 bits per heavy atom. The Morgan fingerprint density at radius 2 is 2.10 bits per heavy atom. The number of carbonyl (C=O) groups excluding carboxylic acids is 1. The third-order valence-electron chi connectivity index (χ3n) is 2.86. The van der Waals surface area contributed by atoms with Gasteiger partial charge < -0.3 is 16.4 Å². The van der Waals surface area contributed by atoms with E-state index in [0.717, 1.165) is 0 Å². The standard InChI is InChI=1S/C15H17FN4O/c16-12-5-1-4-11(10-12)15(21)20-9-3-8-19-14-13(17)6-2-7-18-14/h1-2,4-7,10H,3,8-9,17H2,(H,18,19)(H,20,21). The van der Waals surface area contributed by atoms with E-state index in [1.807, 2.05) is 0 Å². The number of hydrogen-bond acceptors (Lipinski definition) is 4. The lowest BCUT2D eigenvalue weighted by Crippen LogP contribution is -2.26. The molecule has 0 fully saturated rings. The minimum Gasteiger partial charge on any atom is -0.396 e. The Balaban J connectivity index is 1.70. The molecule has 0 aliphatic carbocycles. The summed E-state index contributed by atoms with van der Waals surface area (Å²) in [4.78, 5) is 15.9. The van der Waals surface area contributed by atoms with Crippen molar-refractivity contribution in [1.82, 2.24) is 10.3 Å². The monoisotopic (exact) mass is 288 g/mol. The number of nitrogens with zero attached hydrogens (tertiary/aromatic N) is 1. The Bertz CT molecular complexity index is 618. The summed E-state index contributed by atoms with van der Waals surface area (Å²) in [7, 11) is 0. The van der Waals surface area contributed by atoms with Crippen LogP contribution in [0.5, 0.6) is 0 Å². The van der Waals surface area contributed by atoms with Crippen molar-refractivity contribution in [2.75, 3.05) is 24.1 Å². The van der Waals surface area contributed by atoms with E-state index < -0.39 is 5.82 Å². The Hall–Kier alpha value is -2.63. The zero-order chi connectivity index (χ0) is 15.1. The second kappa shape index (κ2) is 7.23. The van der Waals surface area contributed by atoms with Crippen LogP contribution in [0.1, 0.15) is 16.8 Å². The summed E-state index contributed by atoms with van der Waals surface area (Å²) in [6.45, 7) is 1.11. The number of anilines is 2. The molecule has 2 aromatic rings. The molecule has 0 bridgehead atoms. The number of aromatic nitrogens is 1. The fourth-order valence-electron chi connectivity index (χ4n) is 1.79. The van der Waals surface area contributed by atoms with Crippen molar-refractivity contribution >= 4 is 17.4 Å². The molecule has 0 saturated heterocycles. The van der Waals surface area contributed by atoms with Gasteiger partial charge in [0.05, 0.1) is 5.69 Å². The van der Waals surface area contributed by atoms with Gasteiger partial charge in [-0.3, -0.25) is 4.79 Å². The van der Waals surface area contributed by atoms with Gasteiger partial charge in [0, 0.05) is 24.8 Å². The molecule has 0 saturated carbocycles. The van der Waals surface area contributed by atoms with Crippen LogP contribution in [-0.4, -0.2) is 24.0 Å². The second-order valence-corrected chi connectivity index (χ2v) is 4.49. The molecule has 0 atom stereocenters. The van der Waals surface area contributed by atoms with Crippen LogP contribution < -0.4 is 16.4 Å². The molecule has 1 aromatic carbocycles. The molecule has 1 aromatic heterocycles. The first-order valence-corrected chi connectivity index (χ1v) is 6.65. The number of amides is 1. The molecule has 0 aliphatic rings. The normalized spacial score (nSPS) is 10.1.